The Morgan fingerprint density at radius 1 is 1.10 bits per heavy atom. The first kappa shape index (κ1) is 15.0. The molecule has 0 aliphatic carbocycles. The van der Waals surface area contributed by atoms with Gasteiger partial charge in [-0.05, 0) is 42.8 Å². The maximum absolute atomic E-state index is 12.1. The Hall–Kier alpha value is -1.42. The molecule has 0 aliphatic rings. The van der Waals surface area contributed by atoms with E-state index in [2.05, 4.69) is 5.32 Å². The Bertz CT molecular complexity index is 686. The van der Waals surface area contributed by atoms with Crippen molar-refractivity contribution >= 4 is 46.4 Å². The minimum absolute atomic E-state index is 0.0982. The highest BCUT2D eigenvalue weighted by atomic mass is 35.5. The number of rotatable bonds is 2. The molecule has 0 unspecified atom stereocenters. The Labute approximate surface area is 131 Å². The maximum atomic E-state index is 12.1. The second kappa shape index (κ2) is 5.92. The molecule has 2 N–H and O–H groups in total. The zero-order valence-electron chi connectivity index (χ0n) is 10.4. The number of aryl methyl sites for hydroxylation is 1. The molecular formula is C14H10Cl3NO2. The van der Waals surface area contributed by atoms with Gasteiger partial charge in [-0.1, -0.05) is 34.8 Å². The van der Waals surface area contributed by atoms with Crippen LogP contribution in [0.2, 0.25) is 15.1 Å². The van der Waals surface area contributed by atoms with E-state index < -0.39 is 5.91 Å². The zero-order chi connectivity index (χ0) is 14.9. The molecule has 0 aliphatic heterocycles. The average Bonchev–Trinajstić information content (AvgIpc) is 2.38. The number of aromatic hydroxyl groups is 1. The number of carbonyl (C=O) groups is 1. The molecule has 1 amide bonds. The van der Waals surface area contributed by atoms with Crippen molar-refractivity contribution in [3.8, 4) is 5.75 Å². The summed E-state index contributed by atoms with van der Waals surface area (Å²) < 4.78 is 0. The maximum Gasteiger partial charge on any atom is 0.259 e. The van der Waals surface area contributed by atoms with Crippen molar-refractivity contribution in [3.63, 3.8) is 0 Å². The van der Waals surface area contributed by atoms with Gasteiger partial charge in [-0.25, -0.2) is 0 Å². The van der Waals surface area contributed by atoms with E-state index in [4.69, 9.17) is 34.8 Å². The molecule has 0 radical (unpaired) electrons. The van der Waals surface area contributed by atoms with Gasteiger partial charge >= 0.3 is 0 Å². The molecule has 0 aromatic heterocycles. The molecule has 2 rings (SSSR count). The first-order valence-corrected chi connectivity index (χ1v) is 6.77. The lowest BCUT2D eigenvalue weighted by Gasteiger charge is -2.10. The lowest BCUT2D eigenvalue weighted by molar-refractivity contribution is 0.102. The third kappa shape index (κ3) is 3.18. The second-order valence-corrected chi connectivity index (χ2v) is 5.45. The van der Waals surface area contributed by atoms with Gasteiger partial charge in [-0.2, -0.15) is 0 Å². The van der Waals surface area contributed by atoms with Gasteiger partial charge in [0.25, 0.3) is 5.91 Å². The number of hydrogen-bond donors (Lipinski definition) is 2. The first-order valence-electron chi connectivity index (χ1n) is 5.64. The fourth-order valence-corrected chi connectivity index (χ4v) is 2.25. The summed E-state index contributed by atoms with van der Waals surface area (Å²) in [5, 5.41) is 13.6. The Balaban J connectivity index is 2.30. The van der Waals surface area contributed by atoms with E-state index in [9.17, 15) is 9.90 Å². The molecule has 3 nitrogen and oxygen atoms in total. The molecule has 0 fully saturated rings. The van der Waals surface area contributed by atoms with Gasteiger partial charge in [0.2, 0.25) is 0 Å². The van der Waals surface area contributed by atoms with Crippen molar-refractivity contribution < 1.29 is 9.90 Å². The highest BCUT2D eigenvalue weighted by molar-refractivity contribution is 6.42. The van der Waals surface area contributed by atoms with Crippen molar-refractivity contribution in [2.45, 2.75) is 6.92 Å². The average molecular weight is 331 g/mol. The number of benzene rings is 2. The van der Waals surface area contributed by atoms with E-state index in [1.807, 2.05) is 0 Å². The highest BCUT2D eigenvalue weighted by Gasteiger charge is 2.15. The molecule has 0 bridgehead atoms. The summed E-state index contributed by atoms with van der Waals surface area (Å²) in [6.45, 7) is 1.66. The van der Waals surface area contributed by atoms with Crippen LogP contribution in [0.4, 0.5) is 5.69 Å². The minimum Gasteiger partial charge on any atom is -0.507 e. The third-order valence-corrected chi connectivity index (χ3v) is 3.64. The van der Waals surface area contributed by atoms with Crippen LogP contribution in [0.5, 0.6) is 5.75 Å². The van der Waals surface area contributed by atoms with Crippen LogP contribution in [0.25, 0.3) is 0 Å². The first-order chi connectivity index (χ1) is 9.38. The molecule has 2 aromatic carbocycles. The Morgan fingerprint density at radius 2 is 1.80 bits per heavy atom. The van der Waals surface area contributed by atoms with Gasteiger partial charge < -0.3 is 10.4 Å². The quantitative estimate of drug-likeness (QED) is 0.821. The molecule has 2 aromatic rings. The summed E-state index contributed by atoms with van der Waals surface area (Å²) >= 11 is 17.6. The number of nitrogens with one attached hydrogen (secondary N) is 1. The lowest BCUT2D eigenvalue weighted by atomic mass is 10.1. The highest BCUT2D eigenvalue weighted by Crippen LogP contribution is 2.29. The number of phenolic OH excluding ortho intramolecular Hbond substituents is 1. The van der Waals surface area contributed by atoms with E-state index in [1.165, 1.54) is 12.1 Å². The molecular weight excluding hydrogens is 321 g/mol. The molecule has 0 saturated carbocycles. The summed E-state index contributed by atoms with van der Waals surface area (Å²) in [7, 11) is 0. The third-order valence-electron chi connectivity index (χ3n) is 2.69. The summed E-state index contributed by atoms with van der Waals surface area (Å²) in [4.78, 5) is 12.1. The molecule has 0 saturated heterocycles. The number of phenols is 1. The van der Waals surface area contributed by atoms with Crippen LogP contribution in [-0.2, 0) is 0 Å². The zero-order valence-corrected chi connectivity index (χ0v) is 12.6. The van der Waals surface area contributed by atoms with Crippen LogP contribution in [0.15, 0.2) is 30.3 Å². The van der Waals surface area contributed by atoms with Crippen LogP contribution in [-0.4, -0.2) is 11.0 Å². The Morgan fingerprint density at radius 3 is 2.45 bits per heavy atom. The number of anilines is 1. The van der Waals surface area contributed by atoms with Crippen LogP contribution in [0.3, 0.4) is 0 Å². The molecule has 6 heteroatoms. The van der Waals surface area contributed by atoms with Gasteiger partial charge in [0.1, 0.15) is 5.75 Å². The van der Waals surface area contributed by atoms with E-state index >= 15 is 0 Å². The predicted octanol–water partition coefficient (Wildman–Crippen LogP) is 4.91. The van der Waals surface area contributed by atoms with Crippen molar-refractivity contribution in [2.24, 2.45) is 0 Å². The molecule has 0 spiro atoms. The fourth-order valence-electron chi connectivity index (χ4n) is 1.68. The molecule has 0 atom stereocenters. The van der Waals surface area contributed by atoms with Gasteiger partial charge in [-0.3, -0.25) is 4.79 Å². The summed E-state index contributed by atoms with van der Waals surface area (Å²) in [5.41, 5.74) is 1.10. The van der Waals surface area contributed by atoms with Gasteiger partial charge in [-0.15, -0.1) is 0 Å². The van der Waals surface area contributed by atoms with Crippen molar-refractivity contribution in [2.75, 3.05) is 5.32 Å². The van der Waals surface area contributed by atoms with E-state index in [0.717, 1.165) is 0 Å². The second-order valence-electron chi connectivity index (χ2n) is 4.20. The van der Waals surface area contributed by atoms with Crippen LogP contribution < -0.4 is 5.32 Å². The van der Waals surface area contributed by atoms with Crippen molar-refractivity contribution in [3.05, 3.63) is 56.5 Å². The summed E-state index contributed by atoms with van der Waals surface area (Å²) in [5.74, 6) is -0.585. The smallest absolute Gasteiger partial charge is 0.259 e. The number of halogens is 3. The predicted molar refractivity (Wildman–Crippen MR) is 82.3 cm³/mol. The molecule has 20 heavy (non-hydrogen) atoms. The largest absolute Gasteiger partial charge is 0.507 e. The number of carbonyl (C=O) groups excluding carboxylic acids is 1. The fraction of sp³-hybridized carbons (Fsp3) is 0.0714. The van der Waals surface area contributed by atoms with Crippen molar-refractivity contribution in [1.82, 2.24) is 0 Å². The topological polar surface area (TPSA) is 49.3 Å². The minimum atomic E-state index is -0.480. The monoisotopic (exact) mass is 329 g/mol. The SMILES string of the molecule is Cc1cc(Cl)cc(C(=O)Nc2ccc(Cl)c(Cl)c2)c1O. The Kier molecular flexibility index (Phi) is 4.43. The summed E-state index contributed by atoms with van der Waals surface area (Å²) in [6, 6.07) is 7.68. The normalized spacial score (nSPS) is 10.4. The van der Waals surface area contributed by atoms with Gasteiger partial charge in [0.05, 0.1) is 15.6 Å². The van der Waals surface area contributed by atoms with E-state index in [-0.39, 0.29) is 11.3 Å². The van der Waals surface area contributed by atoms with Crippen LogP contribution in [0.1, 0.15) is 15.9 Å². The molecule has 0 heterocycles. The van der Waals surface area contributed by atoms with Gasteiger partial charge in [0.15, 0.2) is 0 Å². The number of hydrogen-bond acceptors (Lipinski definition) is 2. The van der Waals surface area contributed by atoms with Crippen molar-refractivity contribution in [1.29, 1.82) is 0 Å². The number of amides is 1. The van der Waals surface area contributed by atoms with Gasteiger partial charge in [0, 0.05) is 10.7 Å². The van der Waals surface area contributed by atoms with Crippen LogP contribution >= 0.6 is 34.8 Å². The standard InChI is InChI=1S/C14H10Cl3NO2/c1-7-4-8(15)5-10(13(7)19)14(20)18-9-2-3-11(16)12(17)6-9/h2-6,19H,1H3,(H,18,20). The van der Waals surface area contributed by atoms with E-state index in [1.54, 1.807) is 25.1 Å². The summed E-state index contributed by atoms with van der Waals surface area (Å²) in [6.07, 6.45) is 0. The van der Waals surface area contributed by atoms with E-state index in [0.29, 0.717) is 26.3 Å². The van der Waals surface area contributed by atoms with Crippen LogP contribution in [0, 0.1) is 6.92 Å². The molecule has 104 valence electrons. The lowest BCUT2D eigenvalue weighted by Crippen LogP contribution is -2.12.